The van der Waals surface area contributed by atoms with Crippen LogP contribution in [0.3, 0.4) is 0 Å². The number of carbonyl (C=O) groups is 1. The van der Waals surface area contributed by atoms with Gasteiger partial charge in [0.1, 0.15) is 5.54 Å². The molecule has 0 saturated carbocycles. The average molecular weight is 239 g/mol. The van der Waals surface area contributed by atoms with Gasteiger partial charge in [0.25, 0.3) is 5.56 Å². The molecule has 1 aromatic heterocycles. The van der Waals surface area contributed by atoms with E-state index < -0.39 is 11.5 Å². The molecule has 0 amide bonds. The number of hydrogen-bond acceptors (Lipinski definition) is 4. The van der Waals surface area contributed by atoms with E-state index in [1.807, 2.05) is 13.8 Å². The zero-order valence-corrected chi connectivity index (χ0v) is 10.4. The van der Waals surface area contributed by atoms with E-state index in [0.29, 0.717) is 0 Å². The number of carboxylic acids is 1. The Hall–Kier alpha value is -1.85. The molecule has 94 valence electrons. The number of aliphatic carboxylic acids is 1. The zero-order valence-electron chi connectivity index (χ0n) is 10.4. The van der Waals surface area contributed by atoms with Gasteiger partial charge in [-0.05, 0) is 27.7 Å². The van der Waals surface area contributed by atoms with Crippen molar-refractivity contribution in [2.75, 3.05) is 5.32 Å². The summed E-state index contributed by atoms with van der Waals surface area (Å²) in [5.74, 6) is -0.993. The third-order valence-corrected chi connectivity index (χ3v) is 2.39. The predicted octanol–water partition coefficient (Wildman–Crippen LogP) is 1.10. The van der Waals surface area contributed by atoms with E-state index in [2.05, 4.69) is 10.3 Å². The van der Waals surface area contributed by atoms with Gasteiger partial charge in [0.15, 0.2) is 5.82 Å². The Labute approximate surface area is 99.3 Å². The Balaban J connectivity index is 3.13. The molecule has 0 spiro atoms. The molecular weight excluding hydrogens is 222 g/mol. The van der Waals surface area contributed by atoms with Crippen LogP contribution in [0.25, 0.3) is 0 Å². The molecule has 2 N–H and O–H groups in total. The van der Waals surface area contributed by atoms with Crippen LogP contribution in [0, 0.1) is 0 Å². The Morgan fingerprint density at radius 2 is 2.12 bits per heavy atom. The molecule has 1 rings (SSSR count). The van der Waals surface area contributed by atoms with Gasteiger partial charge >= 0.3 is 5.97 Å². The lowest BCUT2D eigenvalue weighted by Crippen LogP contribution is -2.42. The fraction of sp³-hybridized carbons (Fsp3) is 0.545. The predicted molar refractivity (Wildman–Crippen MR) is 64.2 cm³/mol. The van der Waals surface area contributed by atoms with E-state index in [9.17, 15) is 9.59 Å². The minimum Gasteiger partial charge on any atom is -0.480 e. The first-order valence-electron chi connectivity index (χ1n) is 5.34. The largest absolute Gasteiger partial charge is 0.480 e. The van der Waals surface area contributed by atoms with Crippen molar-refractivity contribution in [2.24, 2.45) is 0 Å². The zero-order chi connectivity index (χ0) is 13.2. The SMILES string of the molecule is CC(C)n1ccnc(NC(C)(C)C(=O)O)c1=O. The fourth-order valence-electron chi connectivity index (χ4n) is 1.27. The third kappa shape index (κ3) is 2.83. The minimum atomic E-state index is -1.23. The lowest BCUT2D eigenvalue weighted by atomic mass is 10.1. The molecule has 0 bridgehead atoms. The summed E-state index contributed by atoms with van der Waals surface area (Å²) in [6.45, 7) is 6.69. The van der Waals surface area contributed by atoms with Crippen LogP contribution in [0.15, 0.2) is 17.2 Å². The van der Waals surface area contributed by atoms with Crippen molar-refractivity contribution >= 4 is 11.8 Å². The van der Waals surface area contributed by atoms with E-state index in [-0.39, 0.29) is 17.4 Å². The van der Waals surface area contributed by atoms with Gasteiger partial charge in [0, 0.05) is 18.4 Å². The van der Waals surface area contributed by atoms with E-state index in [1.54, 1.807) is 6.20 Å². The second kappa shape index (κ2) is 4.57. The lowest BCUT2D eigenvalue weighted by molar-refractivity contribution is -0.141. The number of carboxylic acid groups (broad SMARTS) is 1. The Bertz CT molecular complexity index is 477. The number of rotatable bonds is 4. The molecule has 0 aliphatic carbocycles. The van der Waals surface area contributed by atoms with Crippen molar-refractivity contribution in [3.63, 3.8) is 0 Å². The normalized spacial score (nSPS) is 11.6. The van der Waals surface area contributed by atoms with Crippen LogP contribution in [0.2, 0.25) is 0 Å². The summed E-state index contributed by atoms with van der Waals surface area (Å²) in [5, 5.41) is 11.6. The number of aromatic nitrogens is 2. The summed E-state index contributed by atoms with van der Waals surface area (Å²) in [6.07, 6.45) is 3.05. The lowest BCUT2D eigenvalue weighted by Gasteiger charge is -2.21. The van der Waals surface area contributed by atoms with Gasteiger partial charge in [0.2, 0.25) is 0 Å². The summed E-state index contributed by atoms with van der Waals surface area (Å²) < 4.78 is 1.49. The minimum absolute atomic E-state index is 0.000935. The highest BCUT2D eigenvalue weighted by Crippen LogP contribution is 2.10. The number of anilines is 1. The van der Waals surface area contributed by atoms with Crippen LogP contribution in [-0.2, 0) is 4.79 Å². The molecule has 1 aromatic rings. The highest BCUT2D eigenvalue weighted by atomic mass is 16.4. The van der Waals surface area contributed by atoms with Crippen LogP contribution >= 0.6 is 0 Å². The first-order chi connectivity index (χ1) is 7.75. The van der Waals surface area contributed by atoms with Crippen LogP contribution in [0.1, 0.15) is 33.7 Å². The van der Waals surface area contributed by atoms with E-state index in [1.165, 1.54) is 24.6 Å². The van der Waals surface area contributed by atoms with Crippen LogP contribution in [0.4, 0.5) is 5.82 Å². The molecule has 1 heterocycles. The number of hydrogen-bond donors (Lipinski definition) is 2. The monoisotopic (exact) mass is 239 g/mol. The van der Waals surface area contributed by atoms with Gasteiger partial charge in [-0.1, -0.05) is 0 Å². The second-order valence-corrected chi connectivity index (χ2v) is 4.64. The van der Waals surface area contributed by atoms with Gasteiger partial charge < -0.3 is 15.0 Å². The molecule has 0 saturated heterocycles. The Morgan fingerprint density at radius 3 is 2.59 bits per heavy atom. The molecule has 6 heteroatoms. The van der Waals surface area contributed by atoms with Crippen LogP contribution in [-0.4, -0.2) is 26.2 Å². The van der Waals surface area contributed by atoms with Crippen molar-refractivity contribution in [3.05, 3.63) is 22.7 Å². The first kappa shape index (κ1) is 13.2. The molecule has 0 radical (unpaired) electrons. The summed E-state index contributed by atoms with van der Waals surface area (Å²) in [4.78, 5) is 26.8. The number of nitrogens with zero attached hydrogens (tertiary/aromatic N) is 2. The van der Waals surface area contributed by atoms with Gasteiger partial charge in [-0.3, -0.25) is 4.79 Å². The molecular formula is C11H17N3O3. The molecule has 0 fully saturated rings. The average Bonchev–Trinajstić information content (AvgIpc) is 2.20. The fourth-order valence-corrected chi connectivity index (χ4v) is 1.27. The summed E-state index contributed by atoms with van der Waals surface area (Å²) >= 11 is 0. The summed E-state index contributed by atoms with van der Waals surface area (Å²) in [7, 11) is 0. The van der Waals surface area contributed by atoms with Gasteiger partial charge in [-0.2, -0.15) is 0 Å². The Morgan fingerprint density at radius 1 is 1.53 bits per heavy atom. The summed E-state index contributed by atoms with van der Waals surface area (Å²) in [5.41, 5.74) is -1.56. The molecule has 17 heavy (non-hydrogen) atoms. The van der Waals surface area contributed by atoms with Crippen molar-refractivity contribution in [1.82, 2.24) is 9.55 Å². The molecule has 0 aliphatic rings. The molecule has 6 nitrogen and oxygen atoms in total. The first-order valence-corrected chi connectivity index (χ1v) is 5.34. The van der Waals surface area contributed by atoms with Crippen molar-refractivity contribution in [2.45, 2.75) is 39.3 Å². The topological polar surface area (TPSA) is 84.2 Å². The van der Waals surface area contributed by atoms with E-state index in [4.69, 9.17) is 5.11 Å². The van der Waals surface area contributed by atoms with Crippen molar-refractivity contribution in [1.29, 1.82) is 0 Å². The van der Waals surface area contributed by atoms with Gasteiger partial charge in [0.05, 0.1) is 0 Å². The van der Waals surface area contributed by atoms with Crippen molar-refractivity contribution in [3.8, 4) is 0 Å². The molecule has 0 atom stereocenters. The van der Waals surface area contributed by atoms with Gasteiger partial charge in [-0.25, -0.2) is 9.78 Å². The maximum atomic E-state index is 12.0. The maximum Gasteiger partial charge on any atom is 0.328 e. The standard InChI is InChI=1S/C11H17N3O3/c1-7(2)14-6-5-12-8(9(14)15)13-11(3,4)10(16)17/h5-7H,1-4H3,(H,12,13)(H,16,17). The quantitative estimate of drug-likeness (QED) is 0.821. The van der Waals surface area contributed by atoms with E-state index >= 15 is 0 Å². The maximum absolute atomic E-state index is 12.0. The highest BCUT2D eigenvalue weighted by molar-refractivity contribution is 5.81. The van der Waals surface area contributed by atoms with E-state index in [0.717, 1.165) is 0 Å². The third-order valence-electron chi connectivity index (χ3n) is 2.39. The second-order valence-electron chi connectivity index (χ2n) is 4.64. The summed E-state index contributed by atoms with van der Waals surface area (Å²) in [6, 6.07) is -0.000935. The number of nitrogens with one attached hydrogen (secondary N) is 1. The highest BCUT2D eigenvalue weighted by Gasteiger charge is 2.28. The Kier molecular flexibility index (Phi) is 3.55. The smallest absolute Gasteiger partial charge is 0.328 e. The van der Waals surface area contributed by atoms with Crippen LogP contribution in [0.5, 0.6) is 0 Å². The molecule has 0 aliphatic heterocycles. The van der Waals surface area contributed by atoms with Crippen LogP contribution < -0.4 is 10.9 Å². The molecule has 0 unspecified atom stereocenters. The van der Waals surface area contributed by atoms with Gasteiger partial charge in [-0.15, -0.1) is 0 Å². The molecule has 0 aromatic carbocycles. The van der Waals surface area contributed by atoms with Crippen molar-refractivity contribution < 1.29 is 9.90 Å².